The van der Waals surface area contributed by atoms with Crippen LogP contribution in [-0.2, 0) is 0 Å². The number of aromatic hydroxyl groups is 1. The summed E-state index contributed by atoms with van der Waals surface area (Å²) in [6.45, 7) is 7.13. The monoisotopic (exact) mass is 218 g/mol. The minimum Gasteiger partial charge on any atom is -0.508 e. The van der Waals surface area contributed by atoms with Gasteiger partial charge in [0.1, 0.15) is 5.75 Å². The maximum atomic E-state index is 9.30. The largest absolute Gasteiger partial charge is 0.508 e. The third kappa shape index (κ3) is 2.23. The van der Waals surface area contributed by atoms with Crippen molar-refractivity contribution in [3.05, 3.63) is 29.8 Å². The average Bonchev–Trinajstić information content (AvgIpc) is 2.23. The molecule has 0 heterocycles. The Labute approximate surface area is 98.5 Å². The smallest absolute Gasteiger partial charge is 0.115 e. The van der Waals surface area contributed by atoms with E-state index in [9.17, 15) is 5.11 Å². The quantitative estimate of drug-likeness (QED) is 0.744. The molecule has 0 bridgehead atoms. The van der Waals surface area contributed by atoms with Crippen LogP contribution in [0.3, 0.4) is 0 Å². The van der Waals surface area contributed by atoms with E-state index in [1.807, 2.05) is 0 Å². The van der Waals surface area contributed by atoms with E-state index in [1.165, 1.54) is 24.8 Å². The van der Waals surface area contributed by atoms with Crippen LogP contribution in [0.25, 0.3) is 0 Å². The van der Waals surface area contributed by atoms with Gasteiger partial charge in [0, 0.05) is 0 Å². The first kappa shape index (κ1) is 11.5. The van der Waals surface area contributed by atoms with Crippen molar-refractivity contribution in [2.24, 2.45) is 11.3 Å². The summed E-state index contributed by atoms with van der Waals surface area (Å²) in [6, 6.07) is 7.76. The van der Waals surface area contributed by atoms with Gasteiger partial charge in [-0.3, -0.25) is 0 Å². The SMILES string of the molecule is CC1CCC(c2ccc(O)cc2)CC1(C)C. The van der Waals surface area contributed by atoms with Gasteiger partial charge in [0.25, 0.3) is 0 Å². The third-order valence-corrected chi connectivity index (χ3v) is 4.42. The van der Waals surface area contributed by atoms with Crippen molar-refractivity contribution in [1.82, 2.24) is 0 Å². The molecule has 2 rings (SSSR count). The van der Waals surface area contributed by atoms with Gasteiger partial charge < -0.3 is 5.11 Å². The van der Waals surface area contributed by atoms with Gasteiger partial charge in [-0.2, -0.15) is 0 Å². The minimum absolute atomic E-state index is 0.368. The van der Waals surface area contributed by atoms with Crippen molar-refractivity contribution in [3.8, 4) is 5.75 Å². The van der Waals surface area contributed by atoms with E-state index in [4.69, 9.17) is 0 Å². The van der Waals surface area contributed by atoms with Gasteiger partial charge in [0.2, 0.25) is 0 Å². The van der Waals surface area contributed by atoms with E-state index in [0.29, 0.717) is 17.1 Å². The summed E-state index contributed by atoms with van der Waals surface area (Å²) in [4.78, 5) is 0. The molecule has 1 nitrogen and oxygen atoms in total. The zero-order valence-electron chi connectivity index (χ0n) is 10.5. The van der Waals surface area contributed by atoms with Gasteiger partial charge in [0.05, 0.1) is 0 Å². The normalized spacial score (nSPS) is 28.9. The first-order valence-corrected chi connectivity index (χ1v) is 6.28. The number of hydrogen-bond donors (Lipinski definition) is 1. The maximum absolute atomic E-state index is 9.30. The number of phenols is 1. The summed E-state index contributed by atoms with van der Waals surface area (Å²) in [6.07, 6.45) is 3.87. The standard InChI is InChI=1S/C15H22O/c1-11-4-5-13(10-15(11,2)3)12-6-8-14(16)9-7-12/h6-9,11,13,16H,4-5,10H2,1-3H3. The topological polar surface area (TPSA) is 20.2 Å². The highest BCUT2D eigenvalue weighted by molar-refractivity contribution is 5.28. The lowest BCUT2D eigenvalue weighted by atomic mass is 9.64. The predicted octanol–water partition coefficient (Wildman–Crippen LogP) is 4.32. The lowest BCUT2D eigenvalue weighted by molar-refractivity contribution is 0.136. The summed E-state index contributed by atoms with van der Waals surface area (Å²) in [7, 11) is 0. The Hall–Kier alpha value is -0.980. The predicted molar refractivity (Wildman–Crippen MR) is 67.6 cm³/mol. The second kappa shape index (κ2) is 4.12. The van der Waals surface area contributed by atoms with Crippen LogP contribution in [0.4, 0.5) is 0 Å². The van der Waals surface area contributed by atoms with Crippen molar-refractivity contribution < 1.29 is 5.11 Å². The summed E-state index contributed by atoms with van der Waals surface area (Å²) in [5.41, 5.74) is 1.83. The molecule has 0 spiro atoms. The number of hydrogen-bond acceptors (Lipinski definition) is 1. The molecule has 1 aliphatic carbocycles. The molecule has 2 atom stereocenters. The van der Waals surface area contributed by atoms with Crippen molar-refractivity contribution in [1.29, 1.82) is 0 Å². The molecule has 0 aromatic heterocycles. The Kier molecular flexibility index (Phi) is 2.96. The highest BCUT2D eigenvalue weighted by Crippen LogP contribution is 2.46. The van der Waals surface area contributed by atoms with E-state index < -0.39 is 0 Å². The first-order chi connectivity index (χ1) is 7.49. The highest BCUT2D eigenvalue weighted by Gasteiger charge is 2.34. The lowest BCUT2D eigenvalue weighted by Gasteiger charge is -2.41. The van der Waals surface area contributed by atoms with E-state index in [2.05, 4.69) is 32.9 Å². The van der Waals surface area contributed by atoms with Gasteiger partial charge in [-0.15, -0.1) is 0 Å². The van der Waals surface area contributed by atoms with Gasteiger partial charge in [-0.1, -0.05) is 32.9 Å². The maximum Gasteiger partial charge on any atom is 0.115 e. The van der Waals surface area contributed by atoms with Crippen molar-refractivity contribution >= 4 is 0 Å². The van der Waals surface area contributed by atoms with Crippen molar-refractivity contribution in [2.45, 2.75) is 46.0 Å². The molecule has 1 fully saturated rings. The van der Waals surface area contributed by atoms with Gasteiger partial charge in [-0.05, 0) is 54.2 Å². The fourth-order valence-corrected chi connectivity index (χ4v) is 2.81. The van der Waals surface area contributed by atoms with Crippen LogP contribution < -0.4 is 0 Å². The van der Waals surface area contributed by atoms with Crippen LogP contribution in [-0.4, -0.2) is 5.11 Å². The molecule has 1 aliphatic rings. The van der Waals surface area contributed by atoms with E-state index in [-0.39, 0.29) is 0 Å². The Morgan fingerprint density at radius 3 is 2.31 bits per heavy atom. The minimum atomic E-state index is 0.368. The third-order valence-electron chi connectivity index (χ3n) is 4.42. The van der Waals surface area contributed by atoms with Crippen LogP contribution in [0.2, 0.25) is 0 Å². The van der Waals surface area contributed by atoms with E-state index in [0.717, 1.165) is 5.92 Å². The Balaban J connectivity index is 2.14. The summed E-state index contributed by atoms with van der Waals surface area (Å²) in [5, 5.41) is 9.30. The molecular formula is C15H22O. The van der Waals surface area contributed by atoms with Gasteiger partial charge in [0.15, 0.2) is 0 Å². The molecule has 2 unspecified atom stereocenters. The van der Waals surface area contributed by atoms with Gasteiger partial charge in [-0.25, -0.2) is 0 Å². The molecule has 1 aromatic carbocycles. The van der Waals surface area contributed by atoms with Crippen LogP contribution >= 0.6 is 0 Å². The summed E-state index contributed by atoms with van der Waals surface area (Å²) < 4.78 is 0. The van der Waals surface area contributed by atoms with Crippen LogP contribution in [0.15, 0.2) is 24.3 Å². The molecule has 88 valence electrons. The molecule has 0 radical (unpaired) electrons. The molecule has 0 amide bonds. The number of benzene rings is 1. The molecule has 1 N–H and O–H groups in total. The van der Waals surface area contributed by atoms with Gasteiger partial charge >= 0.3 is 0 Å². The van der Waals surface area contributed by atoms with E-state index in [1.54, 1.807) is 12.1 Å². The zero-order valence-corrected chi connectivity index (χ0v) is 10.5. The lowest BCUT2D eigenvalue weighted by Crippen LogP contribution is -2.29. The average molecular weight is 218 g/mol. The zero-order chi connectivity index (χ0) is 11.8. The summed E-state index contributed by atoms with van der Waals surface area (Å²) in [5.74, 6) is 1.86. The molecule has 0 saturated heterocycles. The molecule has 16 heavy (non-hydrogen) atoms. The molecule has 1 heteroatoms. The van der Waals surface area contributed by atoms with Crippen LogP contribution in [0.1, 0.15) is 51.5 Å². The molecule has 1 saturated carbocycles. The second-order valence-electron chi connectivity index (χ2n) is 5.96. The summed E-state index contributed by atoms with van der Waals surface area (Å²) >= 11 is 0. The second-order valence-corrected chi connectivity index (χ2v) is 5.96. The number of rotatable bonds is 1. The number of phenolic OH excluding ortho intramolecular Hbond substituents is 1. The molecular weight excluding hydrogens is 196 g/mol. The molecule has 0 aliphatic heterocycles. The first-order valence-electron chi connectivity index (χ1n) is 6.28. The Morgan fingerprint density at radius 1 is 1.12 bits per heavy atom. The Bertz CT molecular complexity index is 350. The fraction of sp³-hybridized carbons (Fsp3) is 0.600. The van der Waals surface area contributed by atoms with E-state index >= 15 is 0 Å². The fourth-order valence-electron chi connectivity index (χ4n) is 2.81. The van der Waals surface area contributed by atoms with Crippen LogP contribution in [0.5, 0.6) is 5.75 Å². The van der Waals surface area contributed by atoms with Crippen molar-refractivity contribution in [3.63, 3.8) is 0 Å². The highest BCUT2D eigenvalue weighted by atomic mass is 16.3. The van der Waals surface area contributed by atoms with Crippen LogP contribution in [0, 0.1) is 11.3 Å². The Morgan fingerprint density at radius 2 is 1.75 bits per heavy atom. The molecule has 1 aromatic rings. The van der Waals surface area contributed by atoms with Crippen molar-refractivity contribution in [2.75, 3.05) is 0 Å².